The fourth-order valence-electron chi connectivity index (χ4n) is 1.68. The Morgan fingerprint density at radius 2 is 2.19 bits per heavy atom. The maximum absolute atomic E-state index is 13.1. The molecule has 0 bridgehead atoms. The Morgan fingerprint density at radius 3 is 2.88 bits per heavy atom. The zero-order valence-corrected chi connectivity index (χ0v) is 9.14. The number of nitrogens with zero attached hydrogens (tertiary/aromatic N) is 3. The van der Waals surface area contributed by atoms with Crippen LogP contribution in [0.2, 0.25) is 0 Å². The first-order valence-electron chi connectivity index (χ1n) is 4.89. The maximum Gasteiger partial charge on any atom is 0.263 e. The van der Waals surface area contributed by atoms with E-state index in [4.69, 9.17) is 0 Å². The SMILES string of the molecule is CN(C)N1C(=O)CN=Cc2cc(F)ccc21. The number of carbonyl (C=O) groups is 1. The summed E-state index contributed by atoms with van der Waals surface area (Å²) in [5.41, 5.74) is 1.26. The highest BCUT2D eigenvalue weighted by atomic mass is 19.1. The lowest BCUT2D eigenvalue weighted by atomic mass is 10.2. The van der Waals surface area contributed by atoms with Crippen LogP contribution < -0.4 is 5.01 Å². The van der Waals surface area contributed by atoms with Crippen molar-refractivity contribution in [2.45, 2.75) is 0 Å². The van der Waals surface area contributed by atoms with Crippen molar-refractivity contribution in [3.63, 3.8) is 0 Å². The molecule has 0 fully saturated rings. The number of carbonyl (C=O) groups excluding carboxylic acids is 1. The van der Waals surface area contributed by atoms with Crippen molar-refractivity contribution < 1.29 is 9.18 Å². The molecular formula is C11H12FN3O. The highest BCUT2D eigenvalue weighted by Crippen LogP contribution is 2.23. The molecule has 0 spiro atoms. The van der Waals surface area contributed by atoms with Crippen LogP contribution in [0, 0.1) is 5.82 Å². The second-order valence-electron chi connectivity index (χ2n) is 3.73. The van der Waals surface area contributed by atoms with Gasteiger partial charge >= 0.3 is 0 Å². The molecule has 0 unspecified atom stereocenters. The predicted octanol–water partition coefficient (Wildman–Crippen LogP) is 1.07. The van der Waals surface area contributed by atoms with Gasteiger partial charge in [0, 0.05) is 25.9 Å². The first kappa shape index (κ1) is 10.8. The van der Waals surface area contributed by atoms with Crippen LogP contribution >= 0.6 is 0 Å². The number of hydrogen-bond donors (Lipinski definition) is 0. The fourth-order valence-corrected chi connectivity index (χ4v) is 1.68. The Balaban J connectivity index is 2.55. The van der Waals surface area contributed by atoms with Crippen LogP contribution in [-0.4, -0.2) is 37.8 Å². The Bertz CT molecular complexity index is 457. The highest BCUT2D eigenvalue weighted by Gasteiger charge is 2.22. The molecule has 4 nitrogen and oxygen atoms in total. The molecule has 0 saturated heterocycles. The number of anilines is 1. The molecule has 84 valence electrons. The standard InChI is InChI=1S/C11H12FN3O/c1-14(2)15-10-4-3-9(12)5-8(10)6-13-7-11(15)16/h3-6H,7H2,1-2H3. The number of hydrogen-bond acceptors (Lipinski definition) is 3. The molecule has 1 aliphatic rings. The Hall–Kier alpha value is -1.75. The molecule has 0 aromatic heterocycles. The van der Waals surface area contributed by atoms with E-state index in [0.717, 1.165) is 0 Å². The number of benzene rings is 1. The number of aliphatic imine (C=N–C) groups is 1. The molecular weight excluding hydrogens is 209 g/mol. The van der Waals surface area contributed by atoms with E-state index in [1.807, 2.05) is 0 Å². The van der Waals surface area contributed by atoms with Crippen molar-refractivity contribution in [2.75, 3.05) is 25.6 Å². The quantitative estimate of drug-likeness (QED) is 0.711. The maximum atomic E-state index is 13.1. The van der Waals surface area contributed by atoms with Crippen molar-refractivity contribution in [3.8, 4) is 0 Å². The first-order chi connectivity index (χ1) is 7.59. The normalized spacial score (nSPS) is 15.2. The molecule has 2 rings (SSSR count). The molecule has 1 amide bonds. The summed E-state index contributed by atoms with van der Waals surface area (Å²) < 4.78 is 13.1. The van der Waals surface area contributed by atoms with Crippen molar-refractivity contribution in [3.05, 3.63) is 29.6 Å². The van der Waals surface area contributed by atoms with Crippen molar-refractivity contribution in [2.24, 2.45) is 4.99 Å². The Kier molecular flexibility index (Phi) is 2.70. The Morgan fingerprint density at radius 1 is 1.44 bits per heavy atom. The molecule has 1 heterocycles. The second-order valence-corrected chi connectivity index (χ2v) is 3.73. The fraction of sp³-hybridized carbons (Fsp3) is 0.273. The van der Waals surface area contributed by atoms with Crippen LogP contribution in [0.3, 0.4) is 0 Å². The van der Waals surface area contributed by atoms with Crippen molar-refractivity contribution >= 4 is 17.8 Å². The van der Waals surface area contributed by atoms with Crippen LogP contribution in [-0.2, 0) is 4.79 Å². The molecule has 0 radical (unpaired) electrons. The van der Waals surface area contributed by atoms with Crippen molar-refractivity contribution in [1.82, 2.24) is 5.01 Å². The van der Waals surface area contributed by atoms with Crippen molar-refractivity contribution in [1.29, 1.82) is 0 Å². The van der Waals surface area contributed by atoms with E-state index in [1.165, 1.54) is 23.4 Å². The number of halogens is 1. The van der Waals surface area contributed by atoms with E-state index >= 15 is 0 Å². The summed E-state index contributed by atoms with van der Waals surface area (Å²) in [6.07, 6.45) is 1.53. The summed E-state index contributed by atoms with van der Waals surface area (Å²) in [6.45, 7) is 0.0779. The largest absolute Gasteiger partial charge is 0.282 e. The third-order valence-electron chi connectivity index (χ3n) is 2.31. The average Bonchev–Trinajstić information content (AvgIpc) is 2.35. The second kappa shape index (κ2) is 4.02. The van der Waals surface area contributed by atoms with E-state index in [0.29, 0.717) is 11.3 Å². The van der Waals surface area contributed by atoms with Crippen LogP contribution in [0.15, 0.2) is 23.2 Å². The van der Waals surface area contributed by atoms with Gasteiger partial charge in [-0.1, -0.05) is 0 Å². The van der Waals surface area contributed by atoms with Gasteiger partial charge in [-0.25, -0.2) is 14.4 Å². The zero-order valence-electron chi connectivity index (χ0n) is 9.14. The highest BCUT2D eigenvalue weighted by molar-refractivity contribution is 6.02. The lowest BCUT2D eigenvalue weighted by Crippen LogP contribution is -2.43. The van der Waals surface area contributed by atoms with Crippen LogP contribution in [0.4, 0.5) is 10.1 Å². The molecule has 0 aliphatic carbocycles. The van der Waals surface area contributed by atoms with Gasteiger partial charge in [0.2, 0.25) is 0 Å². The van der Waals surface area contributed by atoms with Gasteiger partial charge in [0.1, 0.15) is 12.4 Å². The summed E-state index contributed by atoms with van der Waals surface area (Å²) in [7, 11) is 3.52. The predicted molar refractivity (Wildman–Crippen MR) is 60.0 cm³/mol. The Labute approximate surface area is 93.0 Å². The minimum atomic E-state index is -0.335. The van der Waals surface area contributed by atoms with E-state index in [2.05, 4.69) is 4.99 Å². The lowest BCUT2D eigenvalue weighted by molar-refractivity contribution is -0.119. The molecule has 5 heteroatoms. The van der Waals surface area contributed by atoms with Crippen LogP contribution in [0.5, 0.6) is 0 Å². The van der Waals surface area contributed by atoms with E-state index in [9.17, 15) is 9.18 Å². The lowest BCUT2D eigenvalue weighted by Gasteiger charge is -2.28. The number of fused-ring (bicyclic) bond motifs is 1. The molecule has 1 aromatic rings. The summed E-state index contributed by atoms with van der Waals surface area (Å²) in [4.78, 5) is 15.7. The number of rotatable bonds is 1. The smallest absolute Gasteiger partial charge is 0.263 e. The molecule has 16 heavy (non-hydrogen) atoms. The topological polar surface area (TPSA) is 35.9 Å². The summed E-state index contributed by atoms with van der Waals surface area (Å²) in [6, 6.07) is 4.29. The summed E-state index contributed by atoms with van der Waals surface area (Å²) in [5, 5.41) is 3.15. The third kappa shape index (κ3) is 1.81. The molecule has 1 aliphatic heterocycles. The first-order valence-corrected chi connectivity index (χ1v) is 4.89. The van der Waals surface area contributed by atoms with Gasteiger partial charge in [-0.15, -0.1) is 0 Å². The van der Waals surface area contributed by atoms with E-state index in [-0.39, 0.29) is 18.3 Å². The monoisotopic (exact) mass is 221 g/mol. The minimum Gasteiger partial charge on any atom is -0.282 e. The van der Waals surface area contributed by atoms with Gasteiger partial charge in [0.05, 0.1) is 5.69 Å². The molecule has 0 atom stereocenters. The number of benzodiazepines with no additional fused rings is 1. The summed E-state index contributed by atoms with van der Waals surface area (Å²) >= 11 is 0. The van der Waals surface area contributed by atoms with Crippen LogP contribution in [0.25, 0.3) is 0 Å². The van der Waals surface area contributed by atoms with Gasteiger partial charge in [0.15, 0.2) is 0 Å². The molecule has 1 aromatic carbocycles. The van der Waals surface area contributed by atoms with Gasteiger partial charge in [-0.3, -0.25) is 9.79 Å². The van der Waals surface area contributed by atoms with Gasteiger partial charge in [-0.2, -0.15) is 0 Å². The summed E-state index contributed by atoms with van der Waals surface area (Å²) in [5.74, 6) is -0.468. The van der Waals surface area contributed by atoms with Crippen LogP contribution in [0.1, 0.15) is 5.56 Å². The number of hydrazine groups is 1. The molecule has 0 N–H and O–H groups in total. The van der Waals surface area contributed by atoms with E-state index in [1.54, 1.807) is 25.2 Å². The average molecular weight is 221 g/mol. The van der Waals surface area contributed by atoms with Gasteiger partial charge < -0.3 is 0 Å². The van der Waals surface area contributed by atoms with E-state index < -0.39 is 0 Å². The third-order valence-corrected chi connectivity index (χ3v) is 2.31. The molecule has 0 saturated carbocycles. The zero-order chi connectivity index (χ0) is 11.7. The minimum absolute atomic E-state index is 0.0779. The van der Waals surface area contributed by atoms with Gasteiger partial charge in [0.25, 0.3) is 5.91 Å². The van der Waals surface area contributed by atoms with Gasteiger partial charge in [-0.05, 0) is 18.2 Å². The number of amides is 1.